The molecule has 2 aromatic rings. The van der Waals surface area contributed by atoms with Crippen LogP contribution in [-0.4, -0.2) is 60.0 Å². The van der Waals surface area contributed by atoms with Gasteiger partial charge in [0.25, 0.3) is 5.91 Å². The van der Waals surface area contributed by atoms with Crippen molar-refractivity contribution in [3.05, 3.63) is 59.9 Å². The van der Waals surface area contributed by atoms with Crippen LogP contribution < -0.4 is 5.32 Å². The van der Waals surface area contributed by atoms with Crippen LogP contribution in [0.15, 0.2) is 48.7 Å². The molecule has 1 amide bonds. The highest BCUT2D eigenvalue weighted by Crippen LogP contribution is 2.11. The minimum Gasteiger partial charge on any atom is -0.383 e. The van der Waals surface area contributed by atoms with Gasteiger partial charge in [0.1, 0.15) is 5.69 Å². The molecule has 0 unspecified atom stereocenters. The van der Waals surface area contributed by atoms with Crippen molar-refractivity contribution < 1.29 is 4.79 Å². The van der Waals surface area contributed by atoms with Gasteiger partial charge in [-0.1, -0.05) is 37.3 Å². The zero-order valence-electron chi connectivity index (χ0n) is 14.8. The minimum absolute atomic E-state index is 0.0339. The largest absolute Gasteiger partial charge is 0.383 e. The highest BCUT2D eigenvalue weighted by atomic mass is 16.2. The molecule has 132 valence electrons. The average molecular weight is 338 g/mol. The molecule has 1 N–H and O–H groups in total. The number of anilines is 1. The highest BCUT2D eigenvalue weighted by Gasteiger charge is 2.21. The molecule has 1 saturated heterocycles. The Hall–Kier alpha value is -2.40. The van der Waals surface area contributed by atoms with Crippen molar-refractivity contribution in [3.8, 4) is 0 Å². The molecule has 0 saturated carbocycles. The Morgan fingerprint density at radius 3 is 2.48 bits per heavy atom. The van der Waals surface area contributed by atoms with Gasteiger partial charge in [0.05, 0.1) is 11.9 Å². The molecule has 0 aliphatic carbocycles. The molecule has 0 atom stereocenters. The standard InChI is InChI=1S/C20H26N4O/c1-2-23-12-14-24(15-13-23)20(25)19-9-8-18(16-22-19)21-11-10-17-6-4-3-5-7-17/h3-9,16,21H,2,10-15H2,1H3. The minimum atomic E-state index is 0.0339. The second-order valence-corrected chi connectivity index (χ2v) is 6.32. The summed E-state index contributed by atoms with van der Waals surface area (Å²) in [6.45, 7) is 7.50. The van der Waals surface area contributed by atoms with Crippen LogP contribution in [0.25, 0.3) is 0 Å². The lowest BCUT2D eigenvalue weighted by atomic mass is 10.1. The van der Waals surface area contributed by atoms with Crippen LogP contribution in [0.1, 0.15) is 23.0 Å². The Bertz CT molecular complexity index is 664. The third kappa shape index (κ3) is 4.79. The van der Waals surface area contributed by atoms with E-state index in [9.17, 15) is 4.79 Å². The van der Waals surface area contributed by atoms with E-state index in [1.807, 2.05) is 23.1 Å². The fraction of sp³-hybridized carbons (Fsp3) is 0.400. The number of nitrogens with zero attached hydrogens (tertiary/aromatic N) is 3. The number of aromatic nitrogens is 1. The first kappa shape index (κ1) is 17.4. The van der Waals surface area contributed by atoms with Crippen molar-refractivity contribution in [1.29, 1.82) is 0 Å². The number of nitrogens with one attached hydrogen (secondary N) is 1. The van der Waals surface area contributed by atoms with Gasteiger partial charge in [-0.15, -0.1) is 0 Å². The maximum absolute atomic E-state index is 12.5. The molecule has 0 bridgehead atoms. The summed E-state index contributed by atoms with van der Waals surface area (Å²) in [5.41, 5.74) is 2.78. The third-order valence-electron chi connectivity index (χ3n) is 4.67. The van der Waals surface area contributed by atoms with Crippen LogP contribution in [0.5, 0.6) is 0 Å². The van der Waals surface area contributed by atoms with Gasteiger partial charge in [-0.2, -0.15) is 0 Å². The Morgan fingerprint density at radius 1 is 1.08 bits per heavy atom. The van der Waals surface area contributed by atoms with Gasteiger partial charge >= 0.3 is 0 Å². The van der Waals surface area contributed by atoms with Crippen LogP contribution in [0.3, 0.4) is 0 Å². The van der Waals surface area contributed by atoms with Crippen LogP contribution in [0.4, 0.5) is 5.69 Å². The van der Waals surface area contributed by atoms with Gasteiger partial charge in [-0.05, 0) is 30.7 Å². The first-order valence-electron chi connectivity index (χ1n) is 9.01. The smallest absolute Gasteiger partial charge is 0.272 e. The summed E-state index contributed by atoms with van der Waals surface area (Å²) in [7, 11) is 0. The summed E-state index contributed by atoms with van der Waals surface area (Å²) in [6.07, 6.45) is 2.71. The number of hydrogen-bond acceptors (Lipinski definition) is 4. The third-order valence-corrected chi connectivity index (χ3v) is 4.67. The number of likely N-dealkylation sites (N-methyl/N-ethyl adjacent to an activating group) is 1. The zero-order valence-corrected chi connectivity index (χ0v) is 14.8. The normalized spacial score (nSPS) is 15.2. The fourth-order valence-corrected chi connectivity index (χ4v) is 3.05. The molecule has 1 aliphatic heterocycles. The number of carbonyl (C=O) groups is 1. The second-order valence-electron chi connectivity index (χ2n) is 6.32. The lowest BCUT2D eigenvalue weighted by Gasteiger charge is -2.33. The fourth-order valence-electron chi connectivity index (χ4n) is 3.05. The summed E-state index contributed by atoms with van der Waals surface area (Å²) in [5, 5.41) is 3.36. The van der Waals surface area contributed by atoms with E-state index in [4.69, 9.17) is 0 Å². The van der Waals surface area contributed by atoms with E-state index in [2.05, 4.69) is 46.4 Å². The molecule has 1 aliphatic rings. The molecule has 1 aromatic carbocycles. The number of hydrogen-bond donors (Lipinski definition) is 1. The first-order chi connectivity index (χ1) is 12.3. The van der Waals surface area contributed by atoms with Crippen molar-refractivity contribution >= 4 is 11.6 Å². The predicted molar refractivity (Wildman–Crippen MR) is 101 cm³/mol. The van der Waals surface area contributed by atoms with Crippen molar-refractivity contribution in [2.45, 2.75) is 13.3 Å². The molecular formula is C20H26N4O. The SMILES string of the molecule is CCN1CCN(C(=O)c2ccc(NCCc3ccccc3)cn2)CC1. The summed E-state index contributed by atoms with van der Waals surface area (Å²) < 4.78 is 0. The van der Waals surface area contributed by atoms with E-state index in [0.29, 0.717) is 5.69 Å². The molecule has 25 heavy (non-hydrogen) atoms. The van der Waals surface area contributed by atoms with E-state index >= 15 is 0 Å². The monoisotopic (exact) mass is 338 g/mol. The summed E-state index contributed by atoms with van der Waals surface area (Å²) in [4.78, 5) is 21.1. The van der Waals surface area contributed by atoms with Crippen molar-refractivity contribution in [3.63, 3.8) is 0 Å². The molecule has 5 heteroatoms. The van der Waals surface area contributed by atoms with Gasteiger partial charge in [-0.3, -0.25) is 4.79 Å². The van der Waals surface area contributed by atoms with Crippen molar-refractivity contribution in [2.24, 2.45) is 0 Å². The van der Waals surface area contributed by atoms with E-state index in [0.717, 1.165) is 51.4 Å². The summed E-state index contributed by atoms with van der Waals surface area (Å²) in [5.74, 6) is 0.0339. The van der Waals surface area contributed by atoms with Crippen LogP contribution in [0.2, 0.25) is 0 Å². The molecule has 0 radical (unpaired) electrons. The number of pyridine rings is 1. The number of carbonyl (C=O) groups excluding carboxylic acids is 1. The van der Waals surface area contributed by atoms with Gasteiger partial charge in [-0.25, -0.2) is 4.98 Å². The Balaban J connectivity index is 1.49. The second kappa shape index (κ2) is 8.62. The number of amides is 1. The van der Waals surface area contributed by atoms with Gasteiger partial charge in [0.15, 0.2) is 0 Å². The first-order valence-corrected chi connectivity index (χ1v) is 9.01. The van der Waals surface area contributed by atoms with Gasteiger partial charge < -0.3 is 15.1 Å². The molecule has 3 rings (SSSR count). The quantitative estimate of drug-likeness (QED) is 0.879. The molecule has 1 aromatic heterocycles. The van der Waals surface area contributed by atoms with E-state index in [-0.39, 0.29) is 5.91 Å². The number of piperazine rings is 1. The van der Waals surface area contributed by atoms with Gasteiger partial charge in [0, 0.05) is 32.7 Å². The lowest BCUT2D eigenvalue weighted by Crippen LogP contribution is -2.48. The number of rotatable bonds is 6. The highest BCUT2D eigenvalue weighted by molar-refractivity contribution is 5.92. The molecule has 2 heterocycles. The van der Waals surface area contributed by atoms with Gasteiger partial charge in [0.2, 0.25) is 0 Å². The van der Waals surface area contributed by atoms with E-state index in [1.165, 1.54) is 5.56 Å². The predicted octanol–water partition coefficient (Wildman–Crippen LogP) is 2.51. The molecule has 1 fully saturated rings. The zero-order chi connectivity index (χ0) is 17.5. The van der Waals surface area contributed by atoms with Crippen LogP contribution in [0, 0.1) is 0 Å². The average Bonchev–Trinajstić information content (AvgIpc) is 2.69. The lowest BCUT2D eigenvalue weighted by molar-refractivity contribution is 0.0637. The van der Waals surface area contributed by atoms with Crippen molar-refractivity contribution in [1.82, 2.24) is 14.8 Å². The molecule has 0 spiro atoms. The molecular weight excluding hydrogens is 312 g/mol. The van der Waals surface area contributed by atoms with Crippen LogP contribution in [-0.2, 0) is 6.42 Å². The van der Waals surface area contributed by atoms with E-state index in [1.54, 1.807) is 6.20 Å². The number of benzene rings is 1. The summed E-state index contributed by atoms with van der Waals surface area (Å²) in [6, 6.07) is 14.1. The topological polar surface area (TPSA) is 48.5 Å². The Kier molecular flexibility index (Phi) is 6.01. The molecule has 5 nitrogen and oxygen atoms in total. The summed E-state index contributed by atoms with van der Waals surface area (Å²) >= 11 is 0. The van der Waals surface area contributed by atoms with E-state index < -0.39 is 0 Å². The van der Waals surface area contributed by atoms with Crippen molar-refractivity contribution in [2.75, 3.05) is 44.6 Å². The van der Waals surface area contributed by atoms with Crippen LogP contribution >= 0.6 is 0 Å². The Morgan fingerprint density at radius 2 is 1.84 bits per heavy atom. The Labute approximate surface area is 149 Å². The maximum atomic E-state index is 12.5. The maximum Gasteiger partial charge on any atom is 0.272 e.